The van der Waals surface area contributed by atoms with Crippen LogP contribution in [0.1, 0.15) is 11.3 Å². The quantitative estimate of drug-likeness (QED) is 0.756. The van der Waals surface area contributed by atoms with Gasteiger partial charge in [-0.25, -0.2) is 5.90 Å². The van der Waals surface area contributed by atoms with Gasteiger partial charge in [0, 0.05) is 0 Å². The van der Waals surface area contributed by atoms with Crippen molar-refractivity contribution in [2.75, 3.05) is 0 Å². The number of benzene rings is 1. The van der Waals surface area contributed by atoms with E-state index in [9.17, 15) is 0 Å². The number of rotatable bonds is 3. The zero-order chi connectivity index (χ0) is 10.7. The summed E-state index contributed by atoms with van der Waals surface area (Å²) in [5.41, 5.74) is 2.78. The molecule has 2 N–H and O–H groups in total. The van der Waals surface area contributed by atoms with Gasteiger partial charge in [-0.1, -0.05) is 12.1 Å². The molecule has 0 aliphatic rings. The van der Waals surface area contributed by atoms with Crippen LogP contribution in [0.2, 0.25) is 0 Å². The second-order valence-electron chi connectivity index (χ2n) is 3.26. The van der Waals surface area contributed by atoms with Gasteiger partial charge >= 0.3 is 0 Å². The first kappa shape index (κ1) is 9.82. The summed E-state index contributed by atoms with van der Waals surface area (Å²) in [7, 11) is 0. The maximum absolute atomic E-state index is 5.02. The molecule has 0 saturated carbocycles. The third-order valence-corrected chi connectivity index (χ3v) is 2.00. The molecule has 78 valence electrons. The van der Waals surface area contributed by atoms with Gasteiger partial charge in [-0.05, 0) is 24.6 Å². The minimum Gasteiger partial charge on any atom is -0.300 e. The van der Waals surface area contributed by atoms with Gasteiger partial charge < -0.3 is 0 Å². The third kappa shape index (κ3) is 2.20. The number of nitrogens with two attached hydrogens (primary N) is 1. The molecular weight excluding hydrogens is 192 g/mol. The number of aryl methyl sites for hydroxylation is 1. The minimum absolute atomic E-state index is 0.383. The van der Waals surface area contributed by atoms with Gasteiger partial charge in [-0.15, -0.1) is 0 Å². The first-order valence-electron chi connectivity index (χ1n) is 4.59. The fourth-order valence-corrected chi connectivity index (χ4v) is 1.33. The van der Waals surface area contributed by atoms with Crippen molar-refractivity contribution in [3.63, 3.8) is 0 Å². The molecule has 0 bridgehead atoms. The van der Waals surface area contributed by atoms with Crippen molar-refractivity contribution >= 4 is 0 Å². The van der Waals surface area contributed by atoms with Crippen molar-refractivity contribution in [1.82, 2.24) is 15.0 Å². The predicted molar refractivity (Wildman–Crippen MR) is 55.1 cm³/mol. The summed E-state index contributed by atoms with van der Waals surface area (Å²) in [5.74, 6) is 5.02. The highest BCUT2D eigenvalue weighted by molar-refractivity contribution is 5.33. The van der Waals surface area contributed by atoms with Gasteiger partial charge in [0.2, 0.25) is 0 Å². The summed E-state index contributed by atoms with van der Waals surface area (Å²) in [6.07, 6.45) is 1.71. The van der Waals surface area contributed by atoms with E-state index in [1.807, 2.05) is 31.2 Å². The van der Waals surface area contributed by atoms with Gasteiger partial charge in [0.25, 0.3) is 0 Å². The van der Waals surface area contributed by atoms with Crippen LogP contribution in [0.4, 0.5) is 0 Å². The van der Waals surface area contributed by atoms with Gasteiger partial charge in [-0.3, -0.25) is 4.84 Å². The lowest BCUT2D eigenvalue weighted by atomic mass is 10.2. The zero-order valence-electron chi connectivity index (χ0n) is 8.42. The number of aromatic nitrogens is 3. The van der Waals surface area contributed by atoms with Crippen molar-refractivity contribution in [2.45, 2.75) is 13.5 Å². The number of hydrogen-bond donors (Lipinski definition) is 1. The molecule has 5 heteroatoms. The Kier molecular flexibility index (Phi) is 2.75. The fraction of sp³-hybridized carbons (Fsp3) is 0.200. The predicted octanol–water partition coefficient (Wildman–Crippen LogP) is 0.966. The average Bonchev–Trinajstić information content (AvgIpc) is 2.66. The van der Waals surface area contributed by atoms with Crippen LogP contribution in [0.15, 0.2) is 30.5 Å². The Morgan fingerprint density at radius 1 is 1.47 bits per heavy atom. The lowest BCUT2D eigenvalue weighted by molar-refractivity contribution is 0.124. The van der Waals surface area contributed by atoms with E-state index in [-0.39, 0.29) is 0 Å². The maximum Gasteiger partial charge on any atom is 0.0930 e. The van der Waals surface area contributed by atoms with Crippen LogP contribution < -0.4 is 5.90 Å². The Hall–Kier alpha value is -1.72. The molecule has 0 atom stereocenters. The molecule has 0 fully saturated rings. The van der Waals surface area contributed by atoms with Gasteiger partial charge in [0.1, 0.15) is 0 Å². The second-order valence-corrected chi connectivity index (χ2v) is 3.26. The molecule has 0 unspecified atom stereocenters. The van der Waals surface area contributed by atoms with Crippen molar-refractivity contribution in [2.24, 2.45) is 5.90 Å². The maximum atomic E-state index is 5.02. The van der Waals surface area contributed by atoms with Crippen LogP contribution in [0.25, 0.3) is 5.69 Å². The van der Waals surface area contributed by atoms with Crippen LogP contribution in [0, 0.1) is 6.92 Å². The molecule has 0 aliphatic heterocycles. The van der Waals surface area contributed by atoms with Crippen molar-refractivity contribution in [1.29, 1.82) is 0 Å². The standard InChI is InChI=1S/C10H12N4O/c1-8-6-12-14(13-8)10-4-2-3-9(5-10)7-15-11/h2-6H,7,11H2,1H3. The molecule has 0 saturated heterocycles. The number of nitrogens with zero attached hydrogens (tertiary/aromatic N) is 3. The zero-order valence-corrected chi connectivity index (χ0v) is 8.42. The lowest BCUT2D eigenvalue weighted by Gasteiger charge is -2.02. The highest BCUT2D eigenvalue weighted by atomic mass is 16.6. The molecule has 2 rings (SSSR count). The highest BCUT2D eigenvalue weighted by Gasteiger charge is 2.00. The van der Waals surface area contributed by atoms with Crippen molar-refractivity contribution in [3.8, 4) is 5.69 Å². The monoisotopic (exact) mass is 204 g/mol. The smallest absolute Gasteiger partial charge is 0.0930 e. The van der Waals surface area contributed by atoms with E-state index >= 15 is 0 Å². The molecule has 1 aromatic heterocycles. The first-order chi connectivity index (χ1) is 7.29. The van der Waals surface area contributed by atoms with E-state index in [2.05, 4.69) is 15.0 Å². The summed E-state index contributed by atoms with van der Waals surface area (Å²) in [6.45, 7) is 2.28. The molecule has 0 amide bonds. The Bertz CT molecular complexity index is 452. The Morgan fingerprint density at radius 2 is 2.33 bits per heavy atom. The normalized spacial score (nSPS) is 10.5. The molecule has 15 heavy (non-hydrogen) atoms. The first-order valence-corrected chi connectivity index (χ1v) is 4.59. The van der Waals surface area contributed by atoms with Crippen molar-refractivity contribution in [3.05, 3.63) is 41.7 Å². The Balaban J connectivity index is 2.32. The average molecular weight is 204 g/mol. The van der Waals surface area contributed by atoms with E-state index < -0.39 is 0 Å². The topological polar surface area (TPSA) is 66.0 Å². The Morgan fingerprint density at radius 3 is 3.00 bits per heavy atom. The second kappa shape index (κ2) is 4.20. The molecule has 5 nitrogen and oxygen atoms in total. The summed E-state index contributed by atoms with van der Waals surface area (Å²) in [4.78, 5) is 6.15. The van der Waals surface area contributed by atoms with E-state index in [0.29, 0.717) is 6.61 Å². The van der Waals surface area contributed by atoms with E-state index in [4.69, 9.17) is 5.90 Å². The van der Waals surface area contributed by atoms with Crippen LogP contribution >= 0.6 is 0 Å². The summed E-state index contributed by atoms with van der Waals surface area (Å²) >= 11 is 0. The molecule has 0 spiro atoms. The van der Waals surface area contributed by atoms with Gasteiger partial charge in [-0.2, -0.15) is 15.0 Å². The minimum atomic E-state index is 0.383. The molecule has 0 radical (unpaired) electrons. The summed E-state index contributed by atoms with van der Waals surface area (Å²) in [6, 6.07) is 7.72. The fourth-order valence-electron chi connectivity index (χ4n) is 1.33. The molecule has 1 aromatic carbocycles. The van der Waals surface area contributed by atoms with Crippen LogP contribution in [-0.4, -0.2) is 15.0 Å². The van der Waals surface area contributed by atoms with E-state index in [1.165, 1.54) is 0 Å². The lowest BCUT2D eigenvalue weighted by Crippen LogP contribution is -2.02. The Labute approximate surface area is 87.4 Å². The van der Waals surface area contributed by atoms with E-state index in [1.54, 1.807) is 11.0 Å². The molecule has 1 heterocycles. The highest BCUT2D eigenvalue weighted by Crippen LogP contribution is 2.09. The third-order valence-electron chi connectivity index (χ3n) is 2.00. The van der Waals surface area contributed by atoms with E-state index in [0.717, 1.165) is 16.9 Å². The molecular formula is C10H12N4O. The van der Waals surface area contributed by atoms with Crippen LogP contribution in [0.5, 0.6) is 0 Å². The summed E-state index contributed by atoms with van der Waals surface area (Å²) in [5, 5.41) is 8.34. The van der Waals surface area contributed by atoms with Gasteiger partial charge in [0.05, 0.1) is 24.2 Å². The number of hydrogen-bond acceptors (Lipinski definition) is 4. The summed E-state index contributed by atoms with van der Waals surface area (Å²) < 4.78 is 0. The van der Waals surface area contributed by atoms with Crippen LogP contribution in [0.3, 0.4) is 0 Å². The van der Waals surface area contributed by atoms with Gasteiger partial charge in [0.15, 0.2) is 0 Å². The SMILES string of the molecule is Cc1cnn(-c2cccc(CON)c2)n1. The van der Waals surface area contributed by atoms with Crippen LogP contribution in [-0.2, 0) is 11.4 Å². The van der Waals surface area contributed by atoms with Crippen molar-refractivity contribution < 1.29 is 4.84 Å². The molecule has 2 aromatic rings. The molecule has 0 aliphatic carbocycles. The largest absolute Gasteiger partial charge is 0.300 e.